The fourth-order valence-electron chi connectivity index (χ4n) is 1.11. The van der Waals surface area contributed by atoms with Crippen LogP contribution < -0.4 is 10.5 Å². The van der Waals surface area contributed by atoms with Crippen molar-refractivity contribution in [3.8, 4) is 10.9 Å². The number of carbonyl (C=O) groups is 1. The molecule has 0 aliphatic heterocycles. The van der Waals surface area contributed by atoms with E-state index in [4.69, 9.17) is 10.5 Å². The first-order valence-electron chi connectivity index (χ1n) is 4.23. The zero-order chi connectivity index (χ0) is 10.7. The molecule has 1 aromatic heterocycles. The van der Waals surface area contributed by atoms with Crippen LogP contribution in [0.2, 0.25) is 0 Å². The number of aromatic nitrogens is 1. The van der Waals surface area contributed by atoms with Crippen LogP contribution in [-0.4, -0.2) is 10.9 Å². The van der Waals surface area contributed by atoms with E-state index < -0.39 is 5.91 Å². The molecule has 1 aromatic carbocycles. The number of nitrogens with zero attached hydrogens (tertiary/aromatic N) is 1. The highest BCUT2D eigenvalue weighted by Gasteiger charge is 2.09. The van der Waals surface area contributed by atoms with Crippen molar-refractivity contribution >= 4 is 17.2 Å². The Morgan fingerprint density at radius 3 is 2.87 bits per heavy atom. The van der Waals surface area contributed by atoms with Gasteiger partial charge in [-0.1, -0.05) is 23.5 Å². The second kappa shape index (κ2) is 4.10. The Hall–Kier alpha value is -1.88. The molecule has 2 rings (SSSR count). The Labute approximate surface area is 90.3 Å². The van der Waals surface area contributed by atoms with Gasteiger partial charge in [-0.3, -0.25) is 4.79 Å². The van der Waals surface area contributed by atoms with Gasteiger partial charge in [-0.2, -0.15) is 0 Å². The number of ether oxygens (including phenoxy) is 1. The number of amides is 1. The maximum atomic E-state index is 11.1. The number of para-hydroxylation sites is 1. The summed E-state index contributed by atoms with van der Waals surface area (Å²) in [5, 5.41) is 2.28. The molecule has 2 N–H and O–H groups in total. The smallest absolute Gasteiger partial charge is 0.278 e. The Balaban J connectivity index is 2.32. The summed E-state index contributed by atoms with van der Waals surface area (Å²) in [4.78, 5) is 15.0. The summed E-state index contributed by atoms with van der Waals surface area (Å²) in [6.45, 7) is 0. The van der Waals surface area contributed by atoms with Crippen molar-refractivity contribution in [1.29, 1.82) is 0 Å². The van der Waals surface area contributed by atoms with E-state index in [9.17, 15) is 4.79 Å². The quantitative estimate of drug-likeness (QED) is 0.860. The molecule has 0 saturated carbocycles. The Morgan fingerprint density at radius 2 is 2.20 bits per heavy atom. The standard InChI is InChI=1S/C10H8N2O2S/c11-9(13)7-3-1-2-4-8(7)14-10-12-5-6-15-10/h1-6H,(H2,11,13). The minimum Gasteiger partial charge on any atom is -0.430 e. The summed E-state index contributed by atoms with van der Waals surface area (Å²) < 4.78 is 5.42. The van der Waals surface area contributed by atoms with Gasteiger partial charge in [-0.05, 0) is 12.1 Å². The van der Waals surface area contributed by atoms with Crippen molar-refractivity contribution in [2.75, 3.05) is 0 Å². The second-order valence-corrected chi connectivity index (χ2v) is 3.62. The molecule has 0 aliphatic rings. The molecule has 2 aromatic rings. The van der Waals surface area contributed by atoms with Gasteiger partial charge in [-0.25, -0.2) is 4.98 Å². The number of rotatable bonds is 3. The number of benzene rings is 1. The highest BCUT2D eigenvalue weighted by atomic mass is 32.1. The minimum atomic E-state index is -0.512. The molecule has 0 unspecified atom stereocenters. The first-order chi connectivity index (χ1) is 7.27. The van der Waals surface area contributed by atoms with E-state index in [1.807, 2.05) is 0 Å². The monoisotopic (exact) mass is 220 g/mol. The average Bonchev–Trinajstić information content (AvgIpc) is 2.71. The zero-order valence-corrected chi connectivity index (χ0v) is 8.53. The summed E-state index contributed by atoms with van der Waals surface area (Å²) in [5.74, 6) is -0.0814. The van der Waals surface area contributed by atoms with Crippen LogP contribution in [-0.2, 0) is 0 Å². The summed E-state index contributed by atoms with van der Waals surface area (Å²) in [6.07, 6.45) is 1.63. The van der Waals surface area contributed by atoms with Gasteiger partial charge in [-0.15, -0.1) is 0 Å². The molecule has 0 atom stereocenters. The van der Waals surface area contributed by atoms with Gasteiger partial charge in [0.15, 0.2) is 0 Å². The van der Waals surface area contributed by atoms with E-state index in [2.05, 4.69) is 4.98 Å². The predicted octanol–water partition coefficient (Wildman–Crippen LogP) is 2.03. The lowest BCUT2D eigenvalue weighted by Gasteiger charge is -2.05. The third-order valence-electron chi connectivity index (χ3n) is 1.76. The van der Waals surface area contributed by atoms with Gasteiger partial charge in [0, 0.05) is 11.6 Å². The number of carbonyl (C=O) groups excluding carboxylic acids is 1. The van der Waals surface area contributed by atoms with E-state index in [-0.39, 0.29) is 0 Å². The van der Waals surface area contributed by atoms with Crippen molar-refractivity contribution in [3.05, 3.63) is 41.4 Å². The van der Waals surface area contributed by atoms with Crippen molar-refractivity contribution in [3.63, 3.8) is 0 Å². The van der Waals surface area contributed by atoms with Crippen LogP contribution in [0.5, 0.6) is 10.9 Å². The first kappa shape index (κ1) is 9.67. The Morgan fingerprint density at radius 1 is 1.40 bits per heavy atom. The predicted molar refractivity (Wildman–Crippen MR) is 57.1 cm³/mol. The van der Waals surface area contributed by atoms with Crippen LogP contribution in [0.1, 0.15) is 10.4 Å². The van der Waals surface area contributed by atoms with Crippen molar-refractivity contribution in [1.82, 2.24) is 4.98 Å². The fraction of sp³-hybridized carbons (Fsp3) is 0. The van der Waals surface area contributed by atoms with Crippen LogP contribution in [0.25, 0.3) is 0 Å². The Bertz CT molecular complexity index is 468. The van der Waals surface area contributed by atoms with Crippen LogP contribution in [0.3, 0.4) is 0 Å². The number of thiazole rings is 1. The number of hydrogen-bond donors (Lipinski definition) is 1. The normalized spacial score (nSPS) is 9.87. The number of nitrogens with two attached hydrogens (primary N) is 1. The van der Waals surface area contributed by atoms with E-state index >= 15 is 0 Å². The van der Waals surface area contributed by atoms with Crippen molar-refractivity contribution < 1.29 is 9.53 Å². The van der Waals surface area contributed by atoms with E-state index in [0.29, 0.717) is 16.5 Å². The van der Waals surface area contributed by atoms with Crippen molar-refractivity contribution in [2.24, 2.45) is 5.73 Å². The number of hydrogen-bond acceptors (Lipinski definition) is 4. The van der Waals surface area contributed by atoms with E-state index in [0.717, 1.165) is 0 Å². The Kier molecular flexibility index (Phi) is 2.64. The first-order valence-corrected chi connectivity index (χ1v) is 5.11. The lowest BCUT2D eigenvalue weighted by atomic mass is 10.2. The summed E-state index contributed by atoms with van der Waals surface area (Å²) in [6, 6.07) is 6.80. The lowest BCUT2D eigenvalue weighted by Crippen LogP contribution is -2.11. The largest absolute Gasteiger partial charge is 0.430 e. The maximum Gasteiger partial charge on any atom is 0.278 e. The molecule has 5 heteroatoms. The van der Waals surface area contributed by atoms with E-state index in [1.165, 1.54) is 11.3 Å². The maximum absolute atomic E-state index is 11.1. The molecule has 0 fully saturated rings. The van der Waals surface area contributed by atoms with Crippen LogP contribution in [0, 0.1) is 0 Å². The van der Waals surface area contributed by atoms with Crippen LogP contribution in [0.15, 0.2) is 35.8 Å². The SMILES string of the molecule is NC(=O)c1ccccc1Oc1nccs1. The molecule has 0 radical (unpaired) electrons. The molecule has 0 aliphatic carbocycles. The third kappa shape index (κ3) is 2.13. The fourth-order valence-corrected chi connectivity index (χ4v) is 1.61. The summed E-state index contributed by atoms with van der Waals surface area (Å²) in [7, 11) is 0. The van der Waals surface area contributed by atoms with E-state index in [1.54, 1.807) is 35.8 Å². The summed E-state index contributed by atoms with van der Waals surface area (Å²) in [5.41, 5.74) is 5.56. The van der Waals surface area contributed by atoms with Crippen LogP contribution >= 0.6 is 11.3 Å². The molecular weight excluding hydrogens is 212 g/mol. The van der Waals surface area contributed by atoms with Gasteiger partial charge in [0.25, 0.3) is 11.1 Å². The van der Waals surface area contributed by atoms with Gasteiger partial charge in [0.05, 0.1) is 5.56 Å². The topological polar surface area (TPSA) is 65.2 Å². The number of primary amides is 1. The van der Waals surface area contributed by atoms with Gasteiger partial charge in [0.2, 0.25) is 0 Å². The zero-order valence-electron chi connectivity index (χ0n) is 7.71. The molecule has 0 spiro atoms. The highest BCUT2D eigenvalue weighted by molar-refractivity contribution is 7.11. The molecule has 0 saturated heterocycles. The van der Waals surface area contributed by atoms with Crippen molar-refractivity contribution in [2.45, 2.75) is 0 Å². The second-order valence-electron chi connectivity index (χ2n) is 2.76. The summed E-state index contributed by atoms with van der Waals surface area (Å²) >= 11 is 1.35. The molecule has 1 amide bonds. The minimum absolute atomic E-state index is 0.354. The van der Waals surface area contributed by atoms with Crippen LogP contribution in [0.4, 0.5) is 0 Å². The lowest BCUT2D eigenvalue weighted by molar-refractivity contribution is 0.0998. The molecule has 15 heavy (non-hydrogen) atoms. The average molecular weight is 220 g/mol. The third-order valence-corrected chi connectivity index (χ3v) is 2.41. The molecule has 1 heterocycles. The van der Waals surface area contributed by atoms with Gasteiger partial charge < -0.3 is 10.5 Å². The molecule has 76 valence electrons. The molecular formula is C10H8N2O2S. The van der Waals surface area contributed by atoms with Gasteiger partial charge in [0.1, 0.15) is 5.75 Å². The molecule has 0 bridgehead atoms. The van der Waals surface area contributed by atoms with Gasteiger partial charge >= 0.3 is 0 Å². The highest BCUT2D eigenvalue weighted by Crippen LogP contribution is 2.26. The molecule has 4 nitrogen and oxygen atoms in total.